The Morgan fingerprint density at radius 2 is 2.00 bits per heavy atom. The number of amides is 2. The number of aliphatic carboxylic acids is 1. The first kappa shape index (κ1) is 15.0. The molecule has 0 radical (unpaired) electrons. The third-order valence-electron chi connectivity index (χ3n) is 3.64. The van der Waals surface area contributed by atoms with Crippen LogP contribution in [0.5, 0.6) is 0 Å². The largest absolute Gasteiger partial charge is 0.481 e. The Hall–Kier alpha value is -2.37. The number of carbonyl (C=O) groups excluding carboxylic acids is 2. The van der Waals surface area contributed by atoms with Crippen LogP contribution in [0, 0.1) is 5.92 Å². The van der Waals surface area contributed by atoms with Crippen LogP contribution in [0.15, 0.2) is 24.3 Å². The normalized spacial score (nSPS) is 20.8. The van der Waals surface area contributed by atoms with E-state index in [4.69, 9.17) is 5.11 Å². The lowest BCUT2D eigenvalue weighted by Crippen LogP contribution is -2.36. The van der Waals surface area contributed by atoms with E-state index in [2.05, 4.69) is 10.6 Å². The lowest BCUT2D eigenvalue weighted by molar-refractivity contribution is -0.141. The number of anilines is 1. The number of ketones is 1. The van der Waals surface area contributed by atoms with Crippen molar-refractivity contribution in [3.05, 3.63) is 29.8 Å². The molecule has 0 aliphatic heterocycles. The van der Waals surface area contributed by atoms with Crippen LogP contribution in [-0.2, 0) is 4.79 Å². The number of carboxylic acids is 1. The Morgan fingerprint density at radius 1 is 1.24 bits per heavy atom. The van der Waals surface area contributed by atoms with Crippen LogP contribution in [0.2, 0.25) is 0 Å². The summed E-state index contributed by atoms with van der Waals surface area (Å²) in [4.78, 5) is 34.0. The van der Waals surface area contributed by atoms with E-state index in [-0.39, 0.29) is 23.8 Å². The van der Waals surface area contributed by atoms with Gasteiger partial charge in [0, 0.05) is 17.3 Å². The second-order valence-corrected chi connectivity index (χ2v) is 5.28. The summed E-state index contributed by atoms with van der Waals surface area (Å²) in [5.41, 5.74) is 1.06. The van der Waals surface area contributed by atoms with Gasteiger partial charge in [0.25, 0.3) is 0 Å². The Kier molecular flexibility index (Phi) is 4.57. The Labute approximate surface area is 122 Å². The van der Waals surface area contributed by atoms with Gasteiger partial charge in [0.1, 0.15) is 0 Å². The molecular weight excluding hydrogens is 272 g/mol. The maximum Gasteiger partial charge on any atom is 0.319 e. The van der Waals surface area contributed by atoms with Crippen molar-refractivity contribution < 1.29 is 19.5 Å². The quantitative estimate of drug-likeness (QED) is 0.741. The molecule has 21 heavy (non-hydrogen) atoms. The predicted molar refractivity (Wildman–Crippen MR) is 77.4 cm³/mol. The number of rotatable bonds is 4. The average Bonchev–Trinajstić information content (AvgIpc) is 2.87. The second-order valence-electron chi connectivity index (χ2n) is 5.28. The fourth-order valence-electron chi connectivity index (χ4n) is 2.51. The Morgan fingerprint density at radius 3 is 2.62 bits per heavy atom. The third kappa shape index (κ3) is 4.05. The molecule has 0 heterocycles. The van der Waals surface area contributed by atoms with E-state index in [0.29, 0.717) is 30.5 Å². The molecule has 1 aromatic rings. The van der Waals surface area contributed by atoms with Crippen molar-refractivity contribution in [3.63, 3.8) is 0 Å². The maximum absolute atomic E-state index is 11.9. The third-order valence-corrected chi connectivity index (χ3v) is 3.64. The van der Waals surface area contributed by atoms with Crippen molar-refractivity contribution in [2.45, 2.75) is 32.2 Å². The summed E-state index contributed by atoms with van der Waals surface area (Å²) in [5, 5.41) is 14.3. The van der Waals surface area contributed by atoms with Gasteiger partial charge in [-0.2, -0.15) is 0 Å². The highest BCUT2D eigenvalue weighted by Gasteiger charge is 2.30. The number of urea groups is 1. The van der Waals surface area contributed by atoms with Gasteiger partial charge in [-0.1, -0.05) is 12.1 Å². The van der Waals surface area contributed by atoms with E-state index >= 15 is 0 Å². The molecule has 3 N–H and O–H groups in total. The number of benzene rings is 1. The summed E-state index contributed by atoms with van der Waals surface area (Å²) in [6, 6.07) is 6.17. The smallest absolute Gasteiger partial charge is 0.319 e. The number of hydrogen-bond donors (Lipinski definition) is 3. The molecule has 0 saturated heterocycles. The van der Waals surface area contributed by atoms with Crippen LogP contribution in [0.4, 0.5) is 10.5 Å². The lowest BCUT2D eigenvalue weighted by Gasteiger charge is -2.13. The fourth-order valence-corrected chi connectivity index (χ4v) is 2.51. The predicted octanol–water partition coefficient (Wildman–Crippen LogP) is 2.26. The molecule has 6 nitrogen and oxygen atoms in total. The summed E-state index contributed by atoms with van der Waals surface area (Å²) in [6.07, 6.45) is 1.70. The van der Waals surface area contributed by atoms with Gasteiger partial charge >= 0.3 is 12.0 Å². The van der Waals surface area contributed by atoms with Crippen LogP contribution in [0.3, 0.4) is 0 Å². The summed E-state index contributed by atoms with van der Waals surface area (Å²) in [6.45, 7) is 1.46. The van der Waals surface area contributed by atoms with Gasteiger partial charge < -0.3 is 15.7 Å². The van der Waals surface area contributed by atoms with Crippen molar-refractivity contribution >= 4 is 23.5 Å². The first-order chi connectivity index (χ1) is 9.95. The molecule has 1 aliphatic carbocycles. The topological polar surface area (TPSA) is 95.5 Å². The monoisotopic (exact) mass is 290 g/mol. The SMILES string of the molecule is CC(=O)c1cccc(NC(=O)N[C@H]2CC[C@@H](C(=O)O)C2)c1. The molecule has 0 bridgehead atoms. The van der Waals surface area contributed by atoms with Gasteiger partial charge in [-0.3, -0.25) is 9.59 Å². The van der Waals surface area contributed by atoms with Crippen LogP contribution in [0.1, 0.15) is 36.5 Å². The highest BCUT2D eigenvalue weighted by atomic mass is 16.4. The number of carboxylic acid groups (broad SMARTS) is 1. The van der Waals surface area contributed by atoms with Crippen LogP contribution >= 0.6 is 0 Å². The van der Waals surface area contributed by atoms with Gasteiger partial charge in [-0.25, -0.2) is 4.79 Å². The number of carbonyl (C=O) groups is 3. The molecule has 1 aliphatic rings. The number of hydrogen-bond acceptors (Lipinski definition) is 3. The van der Waals surface area contributed by atoms with E-state index in [1.165, 1.54) is 6.92 Å². The molecule has 112 valence electrons. The van der Waals surface area contributed by atoms with E-state index in [9.17, 15) is 14.4 Å². The van der Waals surface area contributed by atoms with Crippen LogP contribution in [-0.4, -0.2) is 28.9 Å². The molecule has 1 saturated carbocycles. The molecule has 2 amide bonds. The maximum atomic E-state index is 11.9. The molecule has 2 rings (SSSR count). The van der Waals surface area contributed by atoms with Crippen molar-refractivity contribution in [2.24, 2.45) is 5.92 Å². The van der Waals surface area contributed by atoms with Gasteiger partial charge in [0.15, 0.2) is 5.78 Å². The fraction of sp³-hybridized carbons (Fsp3) is 0.400. The molecule has 0 unspecified atom stereocenters. The van der Waals surface area contributed by atoms with Gasteiger partial charge in [0.2, 0.25) is 0 Å². The summed E-state index contributed by atoms with van der Waals surface area (Å²) in [7, 11) is 0. The average molecular weight is 290 g/mol. The highest BCUT2D eigenvalue weighted by molar-refractivity contribution is 5.96. The zero-order valence-electron chi connectivity index (χ0n) is 11.8. The summed E-state index contributed by atoms with van der Waals surface area (Å²) >= 11 is 0. The minimum Gasteiger partial charge on any atom is -0.481 e. The van der Waals surface area contributed by atoms with Crippen molar-refractivity contribution in [1.29, 1.82) is 0 Å². The zero-order valence-corrected chi connectivity index (χ0v) is 11.8. The van der Waals surface area contributed by atoms with Crippen LogP contribution in [0.25, 0.3) is 0 Å². The van der Waals surface area contributed by atoms with E-state index in [1.54, 1.807) is 24.3 Å². The van der Waals surface area contributed by atoms with Crippen molar-refractivity contribution in [3.8, 4) is 0 Å². The summed E-state index contributed by atoms with van der Waals surface area (Å²) in [5.74, 6) is -1.26. The van der Waals surface area contributed by atoms with Crippen LogP contribution < -0.4 is 10.6 Å². The molecule has 6 heteroatoms. The zero-order chi connectivity index (χ0) is 15.4. The van der Waals surface area contributed by atoms with Gasteiger partial charge in [-0.05, 0) is 38.3 Å². The molecular formula is C15H18N2O4. The number of Topliss-reactive ketones (excluding diaryl/α,β-unsaturated/α-hetero) is 1. The van der Waals surface area contributed by atoms with Crippen molar-refractivity contribution in [2.75, 3.05) is 5.32 Å². The van der Waals surface area contributed by atoms with E-state index in [1.807, 2.05) is 0 Å². The van der Waals surface area contributed by atoms with E-state index < -0.39 is 5.97 Å². The standard InChI is InChI=1S/C15H18N2O4/c1-9(18)10-3-2-4-12(7-10)16-15(21)17-13-6-5-11(8-13)14(19)20/h2-4,7,11,13H,5-6,8H2,1H3,(H,19,20)(H2,16,17,21)/t11-,13+/m1/s1. The highest BCUT2D eigenvalue weighted by Crippen LogP contribution is 2.25. The molecule has 1 fully saturated rings. The van der Waals surface area contributed by atoms with Crippen molar-refractivity contribution in [1.82, 2.24) is 5.32 Å². The Bertz CT molecular complexity index is 571. The molecule has 2 atom stereocenters. The molecule has 0 aromatic heterocycles. The van der Waals surface area contributed by atoms with Gasteiger partial charge in [0.05, 0.1) is 5.92 Å². The number of nitrogens with one attached hydrogen (secondary N) is 2. The van der Waals surface area contributed by atoms with E-state index in [0.717, 1.165) is 0 Å². The minimum atomic E-state index is -0.811. The van der Waals surface area contributed by atoms with Gasteiger partial charge in [-0.15, -0.1) is 0 Å². The second kappa shape index (κ2) is 6.39. The summed E-state index contributed by atoms with van der Waals surface area (Å²) < 4.78 is 0. The Balaban J connectivity index is 1.89. The molecule has 0 spiro atoms. The lowest BCUT2D eigenvalue weighted by atomic mass is 10.1. The minimum absolute atomic E-state index is 0.0702. The first-order valence-electron chi connectivity index (χ1n) is 6.87. The molecule has 1 aromatic carbocycles. The first-order valence-corrected chi connectivity index (χ1v) is 6.87.